The molecule has 0 amide bonds. The molecular formula is C14H10N2O3. The van der Waals surface area contributed by atoms with Crippen LogP contribution in [0.4, 0.5) is 5.69 Å². The summed E-state index contributed by atoms with van der Waals surface area (Å²) in [5.74, 6) is -0.464. The van der Waals surface area contributed by atoms with E-state index in [2.05, 4.69) is 0 Å². The Labute approximate surface area is 109 Å². The van der Waals surface area contributed by atoms with Crippen molar-refractivity contribution >= 4 is 11.7 Å². The number of nitrogens with two attached hydrogens (primary N) is 1. The summed E-state index contributed by atoms with van der Waals surface area (Å²) in [6.45, 7) is 0. The second-order valence-electron chi connectivity index (χ2n) is 3.80. The standard InChI is InChI=1S/C14H10N2O3/c15-8-9-1-4-11(5-2-9)19-13-6-3-10(16)7-12(13)14(17)18/h1-7H,16H2,(H,17,18). The lowest BCUT2D eigenvalue weighted by Gasteiger charge is -2.09. The minimum atomic E-state index is -1.11. The normalized spacial score (nSPS) is 9.63. The Balaban J connectivity index is 2.32. The molecule has 0 heterocycles. The van der Waals surface area contributed by atoms with Crippen LogP contribution in [0.5, 0.6) is 11.5 Å². The average molecular weight is 254 g/mol. The molecule has 5 heteroatoms. The minimum absolute atomic E-state index is 0.00985. The summed E-state index contributed by atoms with van der Waals surface area (Å²) in [6, 6.07) is 12.8. The van der Waals surface area contributed by atoms with Crippen LogP contribution in [-0.2, 0) is 0 Å². The van der Waals surface area contributed by atoms with Crippen molar-refractivity contribution < 1.29 is 14.6 Å². The first-order chi connectivity index (χ1) is 9.10. The van der Waals surface area contributed by atoms with E-state index in [1.165, 1.54) is 12.1 Å². The van der Waals surface area contributed by atoms with E-state index in [4.69, 9.17) is 20.8 Å². The molecule has 0 aliphatic heterocycles. The highest BCUT2D eigenvalue weighted by Crippen LogP contribution is 2.27. The molecule has 0 spiro atoms. The molecule has 0 aliphatic carbocycles. The fraction of sp³-hybridized carbons (Fsp3) is 0. The zero-order chi connectivity index (χ0) is 13.8. The molecule has 0 saturated carbocycles. The molecule has 19 heavy (non-hydrogen) atoms. The molecular weight excluding hydrogens is 244 g/mol. The molecule has 94 valence electrons. The predicted molar refractivity (Wildman–Crippen MR) is 69.0 cm³/mol. The van der Waals surface area contributed by atoms with E-state index in [-0.39, 0.29) is 11.3 Å². The molecule has 0 unspecified atom stereocenters. The molecule has 0 atom stereocenters. The van der Waals surface area contributed by atoms with Crippen LogP contribution in [0.3, 0.4) is 0 Å². The lowest BCUT2D eigenvalue weighted by Crippen LogP contribution is -2.01. The van der Waals surface area contributed by atoms with Crippen LogP contribution < -0.4 is 10.5 Å². The maximum absolute atomic E-state index is 11.1. The van der Waals surface area contributed by atoms with Crippen molar-refractivity contribution in [1.29, 1.82) is 5.26 Å². The third-order valence-corrected chi connectivity index (χ3v) is 2.45. The van der Waals surface area contributed by atoms with Crippen molar-refractivity contribution in [3.05, 3.63) is 53.6 Å². The van der Waals surface area contributed by atoms with E-state index in [1.54, 1.807) is 30.3 Å². The van der Waals surface area contributed by atoms with E-state index in [9.17, 15) is 4.79 Å². The Morgan fingerprint density at radius 3 is 2.47 bits per heavy atom. The SMILES string of the molecule is N#Cc1ccc(Oc2ccc(N)cc2C(=O)O)cc1. The first-order valence-electron chi connectivity index (χ1n) is 5.41. The van der Waals surface area contributed by atoms with Crippen molar-refractivity contribution in [3.63, 3.8) is 0 Å². The number of hydrogen-bond donors (Lipinski definition) is 2. The molecule has 0 aliphatic rings. The number of ether oxygens (including phenoxy) is 1. The van der Waals surface area contributed by atoms with Gasteiger partial charge in [0, 0.05) is 5.69 Å². The third kappa shape index (κ3) is 2.82. The van der Waals surface area contributed by atoms with Gasteiger partial charge in [-0.15, -0.1) is 0 Å². The highest BCUT2D eigenvalue weighted by atomic mass is 16.5. The van der Waals surface area contributed by atoms with Gasteiger partial charge in [0.05, 0.1) is 11.6 Å². The summed E-state index contributed by atoms with van der Waals surface area (Å²) in [6.07, 6.45) is 0. The minimum Gasteiger partial charge on any atom is -0.478 e. The smallest absolute Gasteiger partial charge is 0.339 e. The van der Waals surface area contributed by atoms with Gasteiger partial charge in [-0.1, -0.05) is 0 Å². The van der Waals surface area contributed by atoms with Gasteiger partial charge in [-0.25, -0.2) is 4.79 Å². The lowest BCUT2D eigenvalue weighted by atomic mass is 10.2. The number of nitrogen functional groups attached to an aromatic ring is 1. The molecule has 0 fully saturated rings. The second-order valence-corrected chi connectivity index (χ2v) is 3.80. The van der Waals surface area contributed by atoms with Crippen LogP contribution in [0.2, 0.25) is 0 Å². The highest BCUT2D eigenvalue weighted by Gasteiger charge is 2.12. The summed E-state index contributed by atoms with van der Waals surface area (Å²) in [7, 11) is 0. The van der Waals surface area contributed by atoms with Crippen LogP contribution in [0.25, 0.3) is 0 Å². The zero-order valence-electron chi connectivity index (χ0n) is 9.83. The monoisotopic (exact) mass is 254 g/mol. The van der Waals surface area contributed by atoms with E-state index in [0.717, 1.165) is 0 Å². The fourth-order valence-electron chi connectivity index (χ4n) is 1.53. The van der Waals surface area contributed by atoms with Gasteiger partial charge in [0.2, 0.25) is 0 Å². The van der Waals surface area contributed by atoms with Crippen LogP contribution in [0, 0.1) is 11.3 Å². The van der Waals surface area contributed by atoms with Gasteiger partial charge in [-0.2, -0.15) is 5.26 Å². The summed E-state index contributed by atoms with van der Waals surface area (Å²) >= 11 is 0. The number of hydrogen-bond acceptors (Lipinski definition) is 4. The molecule has 0 saturated heterocycles. The number of anilines is 1. The van der Waals surface area contributed by atoms with Gasteiger partial charge in [0.1, 0.15) is 17.1 Å². The molecule has 0 radical (unpaired) electrons. The number of nitrogens with zero attached hydrogens (tertiary/aromatic N) is 1. The number of benzene rings is 2. The molecule has 0 aromatic heterocycles. The lowest BCUT2D eigenvalue weighted by molar-refractivity contribution is 0.0694. The highest BCUT2D eigenvalue weighted by molar-refractivity contribution is 5.92. The van der Waals surface area contributed by atoms with Crippen molar-refractivity contribution in [2.24, 2.45) is 0 Å². The Kier molecular flexibility index (Phi) is 3.35. The first-order valence-corrected chi connectivity index (χ1v) is 5.41. The van der Waals surface area contributed by atoms with Crippen LogP contribution in [0.1, 0.15) is 15.9 Å². The molecule has 0 bridgehead atoms. The van der Waals surface area contributed by atoms with Crippen molar-refractivity contribution in [2.45, 2.75) is 0 Å². The molecule has 3 N–H and O–H groups in total. The second kappa shape index (κ2) is 5.10. The maximum Gasteiger partial charge on any atom is 0.339 e. The van der Waals surface area contributed by atoms with Gasteiger partial charge in [-0.05, 0) is 42.5 Å². The van der Waals surface area contributed by atoms with Gasteiger partial charge in [0.25, 0.3) is 0 Å². The Morgan fingerprint density at radius 2 is 1.89 bits per heavy atom. The number of aromatic carboxylic acids is 1. The summed E-state index contributed by atoms with van der Waals surface area (Å²) in [5.41, 5.74) is 6.39. The number of carbonyl (C=O) groups is 1. The number of carboxylic acids is 1. The predicted octanol–water partition coefficient (Wildman–Crippen LogP) is 2.63. The third-order valence-electron chi connectivity index (χ3n) is 2.45. The number of rotatable bonds is 3. The van der Waals surface area contributed by atoms with Crippen LogP contribution in [-0.4, -0.2) is 11.1 Å². The number of carboxylic acid groups (broad SMARTS) is 1. The van der Waals surface area contributed by atoms with Crippen molar-refractivity contribution in [3.8, 4) is 17.6 Å². The molecule has 2 aromatic rings. The van der Waals surface area contributed by atoms with Crippen LogP contribution >= 0.6 is 0 Å². The Hall–Kier alpha value is -3.00. The van der Waals surface area contributed by atoms with Gasteiger partial charge < -0.3 is 15.6 Å². The largest absolute Gasteiger partial charge is 0.478 e. The van der Waals surface area contributed by atoms with Crippen molar-refractivity contribution in [2.75, 3.05) is 5.73 Å². The Bertz CT molecular complexity index is 657. The summed E-state index contributed by atoms with van der Waals surface area (Å²) in [4.78, 5) is 11.1. The van der Waals surface area contributed by atoms with E-state index in [1.807, 2.05) is 6.07 Å². The Morgan fingerprint density at radius 1 is 1.21 bits per heavy atom. The average Bonchev–Trinajstić information content (AvgIpc) is 2.41. The van der Waals surface area contributed by atoms with Crippen molar-refractivity contribution in [1.82, 2.24) is 0 Å². The topological polar surface area (TPSA) is 96.3 Å². The number of nitriles is 1. The summed E-state index contributed by atoms with van der Waals surface area (Å²) < 4.78 is 5.48. The van der Waals surface area contributed by atoms with Gasteiger partial charge in [-0.3, -0.25) is 0 Å². The summed E-state index contributed by atoms with van der Waals surface area (Å²) in [5, 5.41) is 17.8. The maximum atomic E-state index is 11.1. The van der Waals surface area contributed by atoms with Gasteiger partial charge in [0.15, 0.2) is 0 Å². The van der Waals surface area contributed by atoms with Gasteiger partial charge >= 0.3 is 5.97 Å². The van der Waals surface area contributed by atoms with Crippen LogP contribution in [0.15, 0.2) is 42.5 Å². The van der Waals surface area contributed by atoms with E-state index >= 15 is 0 Å². The molecule has 5 nitrogen and oxygen atoms in total. The van der Waals surface area contributed by atoms with E-state index < -0.39 is 5.97 Å². The first kappa shape index (κ1) is 12.5. The fourth-order valence-corrected chi connectivity index (χ4v) is 1.53. The quantitative estimate of drug-likeness (QED) is 0.820. The zero-order valence-corrected chi connectivity index (χ0v) is 9.83. The molecule has 2 rings (SSSR count). The molecule has 2 aromatic carbocycles. The van der Waals surface area contributed by atoms with E-state index in [0.29, 0.717) is 17.0 Å².